The van der Waals surface area contributed by atoms with Gasteiger partial charge in [0, 0.05) is 22.8 Å². The molecule has 0 fully saturated rings. The molecule has 102 valence electrons. The monoisotopic (exact) mass is 286 g/mol. The minimum Gasteiger partial charge on any atom is -0.462 e. The van der Waals surface area contributed by atoms with E-state index in [4.69, 9.17) is 9.52 Å². The Hall–Kier alpha value is -2.11. The van der Waals surface area contributed by atoms with Gasteiger partial charge in [0.25, 0.3) is 0 Å². The summed E-state index contributed by atoms with van der Waals surface area (Å²) in [7, 11) is 0. The van der Waals surface area contributed by atoms with E-state index in [0.717, 1.165) is 22.0 Å². The van der Waals surface area contributed by atoms with Crippen LogP contribution in [0.1, 0.15) is 11.5 Å². The van der Waals surface area contributed by atoms with Gasteiger partial charge in [-0.1, -0.05) is 0 Å². The van der Waals surface area contributed by atoms with Gasteiger partial charge in [-0.25, -0.2) is 4.98 Å². The predicted molar refractivity (Wildman–Crippen MR) is 79.5 cm³/mol. The van der Waals surface area contributed by atoms with Crippen molar-refractivity contribution in [2.45, 2.75) is 13.2 Å². The number of nitrogens with zero attached hydrogens (tertiary/aromatic N) is 1. The van der Waals surface area contributed by atoms with Crippen LogP contribution in [0.25, 0.3) is 10.6 Å². The summed E-state index contributed by atoms with van der Waals surface area (Å²) >= 11 is 1.63. The first-order valence-corrected chi connectivity index (χ1v) is 7.15. The van der Waals surface area contributed by atoms with E-state index in [1.54, 1.807) is 17.4 Å². The van der Waals surface area contributed by atoms with Crippen molar-refractivity contribution in [2.75, 3.05) is 5.32 Å². The van der Waals surface area contributed by atoms with Crippen molar-refractivity contribution in [3.05, 3.63) is 59.5 Å². The van der Waals surface area contributed by atoms with Gasteiger partial charge in [-0.05, 0) is 36.4 Å². The minimum absolute atomic E-state index is 0.0670. The number of aliphatic hydroxyl groups is 1. The van der Waals surface area contributed by atoms with Crippen molar-refractivity contribution in [1.82, 2.24) is 4.98 Å². The summed E-state index contributed by atoms with van der Waals surface area (Å²) in [5, 5.41) is 15.2. The van der Waals surface area contributed by atoms with Gasteiger partial charge in [0.1, 0.15) is 23.1 Å². The van der Waals surface area contributed by atoms with E-state index in [1.165, 1.54) is 0 Å². The Morgan fingerprint density at radius 1 is 1.10 bits per heavy atom. The molecule has 0 saturated carbocycles. The summed E-state index contributed by atoms with van der Waals surface area (Å²) in [5.41, 5.74) is 2.14. The van der Waals surface area contributed by atoms with E-state index < -0.39 is 0 Å². The third kappa shape index (κ3) is 2.89. The number of hydrogen-bond acceptors (Lipinski definition) is 5. The standard InChI is InChI=1S/C15H14N2O2S/c18-10-14-6-5-13(19-14)9-17-12-3-1-11(2-4-12)15-16-7-8-20-15/h1-8,17-18H,9-10H2. The van der Waals surface area contributed by atoms with E-state index in [-0.39, 0.29) is 6.61 Å². The summed E-state index contributed by atoms with van der Waals surface area (Å²) in [6.45, 7) is 0.527. The van der Waals surface area contributed by atoms with Crippen molar-refractivity contribution in [3.8, 4) is 10.6 Å². The molecule has 0 aliphatic carbocycles. The molecule has 0 aliphatic rings. The number of aromatic nitrogens is 1. The van der Waals surface area contributed by atoms with E-state index in [2.05, 4.69) is 10.3 Å². The number of rotatable bonds is 5. The second kappa shape index (κ2) is 5.90. The third-order valence-electron chi connectivity index (χ3n) is 2.90. The van der Waals surface area contributed by atoms with Gasteiger partial charge >= 0.3 is 0 Å². The topological polar surface area (TPSA) is 58.3 Å². The van der Waals surface area contributed by atoms with E-state index in [9.17, 15) is 0 Å². The molecule has 0 aliphatic heterocycles. The second-order valence-corrected chi connectivity index (χ2v) is 5.19. The Bertz CT molecular complexity index is 660. The third-order valence-corrected chi connectivity index (χ3v) is 3.73. The van der Waals surface area contributed by atoms with Crippen LogP contribution in [-0.2, 0) is 13.2 Å². The van der Waals surface area contributed by atoms with Crippen LogP contribution in [-0.4, -0.2) is 10.1 Å². The van der Waals surface area contributed by atoms with Gasteiger partial charge in [-0.2, -0.15) is 0 Å². The first-order valence-electron chi connectivity index (χ1n) is 6.27. The molecule has 2 heterocycles. The van der Waals surface area contributed by atoms with Gasteiger partial charge in [0.2, 0.25) is 0 Å². The average Bonchev–Trinajstić information content (AvgIpc) is 3.17. The highest BCUT2D eigenvalue weighted by Gasteiger charge is 2.02. The molecule has 0 amide bonds. The Morgan fingerprint density at radius 2 is 1.90 bits per heavy atom. The number of furan rings is 1. The van der Waals surface area contributed by atoms with Crippen molar-refractivity contribution < 1.29 is 9.52 Å². The van der Waals surface area contributed by atoms with Crippen LogP contribution in [0, 0.1) is 0 Å². The van der Waals surface area contributed by atoms with Crippen molar-refractivity contribution in [2.24, 2.45) is 0 Å². The van der Waals surface area contributed by atoms with Crippen molar-refractivity contribution >= 4 is 17.0 Å². The Balaban J connectivity index is 1.63. The molecule has 2 aromatic heterocycles. The van der Waals surface area contributed by atoms with Crippen LogP contribution in [0.2, 0.25) is 0 Å². The Labute approximate surface area is 120 Å². The molecule has 5 heteroatoms. The lowest BCUT2D eigenvalue weighted by Gasteiger charge is -2.05. The number of aliphatic hydroxyl groups excluding tert-OH is 1. The lowest BCUT2D eigenvalue weighted by molar-refractivity contribution is 0.244. The predicted octanol–water partition coefficient (Wildman–Crippen LogP) is 3.51. The average molecular weight is 286 g/mol. The zero-order chi connectivity index (χ0) is 13.8. The van der Waals surface area contributed by atoms with Crippen LogP contribution in [0.15, 0.2) is 52.4 Å². The van der Waals surface area contributed by atoms with Crippen LogP contribution in [0.4, 0.5) is 5.69 Å². The molecule has 0 bridgehead atoms. The van der Waals surface area contributed by atoms with Crippen molar-refractivity contribution in [1.29, 1.82) is 0 Å². The van der Waals surface area contributed by atoms with Gasteiger partial charge in [-0.3, -0.25) is 0 Å². The molecular weight excluding hydrogens is 272 g/mol. The van der Waals surface area contributed by atoms with Crippen LogP contribution in [0.5, 0.6) is 0 Å². The van der Waals surface area contributed by atoms with Crippen LogP contribution in [0.3, 0.4) is 0 Å². The highest BCUT2D eigenvalue weighted by molar-refractivity contribution is 7.13. The zero-order valence-corrected chi connectivity index (χ0v) is 11.6. The normalized spacial score (nSPS) is 10.7. The van der Waals surface area contributed by atoms with Gasteiger partial charge < -0.3 is 14.8 Å². The van der Waals surface area contributed by atoms with Gasteiger partial charge in [0.15, 0.2) is 0 Å². The quantitative estimate of drug-likeness (QED) is 0.753. The smallest absolute Gasteiger partial charge is 0.129 e. The summed E-state index contributed by atoms with van der Waals surface area (Å²) < 4.78 is 5.42. The minimum atomic E-state index is -0.0670. The fourth-order valence-electron chi connectivity index (χ4n) is 1.89. The summed E-state index contributed by atoms with van der Waals surface area (Å²) in [4.78, 5) is 4.28. The number of anilines is 1. The van der Waals surface area contributed by atoms with E-state index in [1.807, 2.05) is 41.9 Å². The first kappa shape index (κ1) is 12.9. The zero-order valence-electron chi connectivity index (χ0n) is 10.7. The molecule has 3 aromatic rings. The van der Waals surface area contributed by atoms with Crippen LogP contribution < -0.4 is 5.32 Å². The molecule has 0 radical (unpaired) electrons. The number of thiazole rings is 1. The Morgan fingerprint density at radius 3 is 2.55 bits per heavy atom. The lowest BCUT2D eigenvalue weighted by Crippen LogP contribution is -1.97. The first-order chi connectivity index (χ1) is 9.85. The largest absolute Gasteiger partial charge is 0.462 e. The summed E-state index contributed by atoms with van der Waals surface area (Å²) in [6.07, 6.45) is 1.81. The molecule has 0 spiro atoms. The number of hydrogen-bond donors (Lipinski definition) is 2. The van der Waals surface area contributed by atoms with E-state index in [0.29, 0.717) is 12.3 Å². The number of benzene rings is 1. The van der Waals surface area contributed by atoms with Gasteiger partial charge in [-0.15, -0.1) is 11.3 Å². The van der Waals surface area contributed by atoms with Crippen molar-refractivity contribution in [3.63, 3.8) is 0 Å². The molecule has 3 rings (SSSR count). The molecule has 20 heavy (non-hydrogen) atoms. The fourth-order valence-corrected chi connectivity index (χ4v) is 2.53. The number of nitrogens with one attached hydrogen (secondary N) is 1. The Kier molecular flexibility index (Phi) is 3.80. The summed E-state index contributed by atoms with van der Waals surface area (Å²) in [5.74, 6) is 1.39. The molecular formula is C15H14N2O2S. The molecule has 0 atom stereocenters. The van der Waals surface area contributed by atoms with Gasteiger partial charge in [0.05, 0.1) is 6.54 Å². The van der Waals surface area contributed by atoms with Crippen LogP contribution >= 0.6 is 11.3 Å². The SMILES string of the molecule is OCc1ccc(CNc2ccc(-c3nccs3)cc2)o1. The molecule has 0 unspecified atom stereocenters. The maximum atomic E-state index is 8.94. The van der Waals surface area contributed by atoms with E-state index >= 15 is 0 Å². The highest BCUT2D eigenvalue weighted by atomic mass is 32.1. The molecule has 0 saturated heterocycles. The maximum absolute atomic E-state index is 8.94. The summed E-state index contributed by atoms with van der Waals surface area (Å²) in [6, 6.07) is 11.8. The fraction of sp³-hybridized carbons (Fsp3) is 0.133. The lowest BCUT2D eigenvalue weighted by atomic mass is 10.2. The molecule has 1 aromatic carbocycles. The highest BCUT2D eigenvalue weighted by Crippen LogP contribution is 2.23. The molecule has 4 nitrogen and oxygen atoms in total. The second-order valence-electron chi connectivity index (χ2n) is 4.29. The maximum Gasteiger partial charge on any atom is 0.129 e. The molecule has 2 N–H and O–H groups in total.